The molecule has 0 aliphatic heterocycles. The van der Waals surface area contributed by atoms with Crippen molar-refractivity contribution < 1.29 is 13.0 Å². The predicted octanol–water partition coefficient (Wildman–Crippen LogP) is -1.21. The fourth-order valence-corrected chi connectivity index (χ4v) is 0. The van der Waals surface area contributed by atoms with Gasteiger partial charge >= 0.3 is 0 Å². The molecule has 3 N–H and O–H groups in total. The smallest absolute Gasteiger partial charge is 0.277 e. The van der Waals surface area contributed by atoms with Crippen molar-refractivity contribution in [3.05, 3.63) is 0 Å². The van der Waals surface area contributed by atoms with E-state index in [1.165, 1.54) is 0 Å². The van der Waals surface area contributed by atoms with Crippen LogP contribution >= 0.6 is 0 Å². The van der Waals surface area contributed by atoms with Crippen LogP contribution in [0.4, 0.5) is 0 Å². The van der Waals surface area contributed by atoms with E-state index in [9.17, 15) is 8.42 Å². The zero-order chi connectivity index (χ0) is 5.21. The van der Waals surface area contributed by atoms with Crippen molar-refractivity contribution in [3.8, 4) is 0 Å². The van der Waals surface area contributed by atoms with E-state index in [-0.39, 0.29) is 0 Å². The van der Waals surface area contributed by atoms with Gasteiger partial charge in [0.25, 0.3) is 10.1 Å². The summed E-state index contributed by atoms with van der Waals surface area (Å²) in [6.07, 6.45) is 0. The van der Waals surface area contributed by atoms with Gasteiger partial charge in [-0.3, -0.25) is 4.55 Å². The molecule has 0 unspecified atom stereocenters. The Hall–Kier alpha value is -0.130. The monoisotopic (exact) mass is 111 g/mol. The number of hydrogen-bond donors (Lipinski definition) is 2. The van der Waals surface area contributed by atoms with Crippen LogP contribution in [0.15, 0.2) is 0 Å². The summed E-state index contributed by atoms with van der Waals surface area (Å²) in [6, 6.07) is 0. The van der Waals surface area contributed by atoms with Gasteiger partial charge in [-0.2, -0.15) is 8.42 Å². The van der Waals surface area contributed by atoms with E-state index < -0.39 is 16.0 Å². The standard InChI is InChI=1S/CH5NO3S/c2-1-6(3,4)5/h1-2H2,(H,3,4,5). The third kappa shape index (κ3) is 3.87. The van der Waals surface area contributed by atoms with Crippen LogP contribution in [0.25, 0.3) is 0 Å². The van der Waals surface area contributed by atoms with Gasteiger partial charge in [-0.1, -0.05) is 0 Å². The molecule has 5 heteroatoms. The first-order valence-corrected chi connectivity index (χ1v) is 2.82. The van der Waals surface area contributed by atoms with E-state index in [4.69, 9.17) is 4.55 Å². The molecular weight excluding hydrogens is 106 g/mol. The lowest BCUT2D eigenvalue weighted by Crippen LogP contribution is -2.11. The molecule has 4 nitrogen and oxygen atoms in total. The summed E-state index contributed by atoms with van der Waals surface area (Å²) < 4.78 is 26.5. The van der Waals surface area contributed by atoms with Crippen LogP contribution < -0.4 is 5.73 Å². The van der Waals surface area contributed by atoms with Crippen LogP contribution in [0.3, 0.4) is 0 Å². The zero-order valence-corrected chi connectivity index (χ0v) is 3.77. The van der Waals surface area contributed by atoms with Gasteiger partial charge < -0.3 is 5.73 Å². The molecule has 0 aliphatic carbocycles. The average molecular weight is 111 g/mol. The van der Waals surface area contributed by atoms with Crippen LogP contribution in [-0.2, 0) is 10.1 Å². The van der Waals surface area contributed by atoms with E-state index in [1.54, 1.807) is 0 Å². The van der Waals surface area contributed by atoms with Gasteiger partial charge in [0.15, 0.2) is 0 Å². The van der Waals surface area contributed by atoms with E-state index in [0.29, 0.717) is 0 Å². The Morgan fingerprint density at radius 2 is 1.83 bits per heavy atom. The molecule has 0 saturated heterocycles. The Bertz CT molecular complexity index is 113. The van der Waals surface area contributed by atoms with Crippen molar-refractivity contribution in [1.82, 2.24) is 0 Å². The molecule has 0 amide bonds. The van der Waals surface area contributed by atoms with Gasteiger partial charge in [0, 0.05) is 0 Å². The summed E-state index contributed by atoms with van der Waals surface area (Å²) in [4.78, 5) is 0. The molecule has 0 aromatic carbocycles. The van der Waals surface area contributed by atoms with Gasteiger partial charge in [0.05, 0.1) is 0 Å². The van der Waals surface area contributed by atoms with Crippen molar-refractivity contribution in [3.63, 3.8) is 0 Å². The molecule has 0 fully saturated rings. The first kappa shape index (κ1) is 5.87. The van der Waals surface area contributed by atoms with Gasteiger partial charge in [-0.15, -0.1) is 0 Å². The molecular formula is CH5NO3S. The zero-order valence-electron chi connectivity index (χ0n) is 2.96. The van der Waals surface area contributed by atoms with Gasteiger partial charge in [0.2, 0.25) is 0 Å². The van der Waals surface area contributed by atoms with Crippen LogP contribution in [0.2, 0.25) is 0 Å². The fourth-order valence-electron chi connectivity index (χ4n) is 0. The molecule has 0 saturated carbocycles. The average Bonchev–Trinajstić information content (AvgIpc) is 1.35. The summed E-state index contributed by atoms with van der Waals surface area (Å²) in [5.74, 6) is -0.701. The maximum Gasteiger partial charge on any atom is 0.277 e. The second-order valence-electron chi connectivity index (χ2n) is 0.749. The summed E-state index contributed by atoms with van der Waals surface area (Å²) in [7, 11) is -3.88. The summed E-state index contributed by atoms with van der Waals surface area (Å²) in [6.45, 7) is 0. The van der Waals surface area contributed by atoms with E-state index in [1.807, 2.05) is 0 Å². The predicted molar refractivity (Wildman–Crippen MR) is 20.6 cm³/mol. The quantitative estimate of drug-likeness (QED) is 0.416. The largest absolute Gasteiger partial charge is 0.316 e. The highest BCUT2D eigenvalue weighted by atomic mass is 32.2. The van der Waals surface area contributed by atoms with Gasteiger partial charge in [-0.05, 0) is 0 Å². The van der Waals surface area contributed by atoms with Crippen molar-refractivity contribution in [2.45, 2.75) is 0 Å². The highest BCUT2D eigenvalue weighted by Gasteiger charge is 1.93. The number of nitrogens with two attached hydrogens (primary N) is 1. The highest BCUT2D eigenvalue weighted by Crippen LogP contribution is 1.67. The first-order chi connectivity index (χ1) is 2.56. The van der Waals surface area contributed by atoms with E-state index in [0.717, 1.165) is 0 Å². The Kier molecular flexibility index (Phi) is 1.51. The second-order valence-corrected chi connectivity index (χ2v) is 2.25. The van der Waals surface area contributed by atoms with Crippen LogP contribution in [0.1, 0.15) is 0 Å². The maximum atomic E-state index is 9.43. The van der Waals surface area contributed by atoms with Gasteiger partial charge in [-0.25, -0.2) is 0 Å². The normalized spacial score (nSPS) is 11.7. The Labute approximate surface area is 35.7 Å². The molecule has 6 heavy (non-hydrogen) atoms. The lowest BCUT2D eigenvalue weighted by molar-refractivity contribution is 0.483. The molecule has 0 spiro atoms. The topological polar surface area (TPSA) is 80.4 Å². The van der Waals surface area contributed by atoms with Crippen LogP contribution in [-0.4, -0.2) is 18.8 Å². The lowest BCUT2D eigenvalue weighted by atomic mass is 11.6. The molecule has 0 atom stereocenters. The number of hydrogen-bond acceptors (Lipinski definition) is 3. The van der Waals surface area contributed by atoms with Gasteiger partial charge in [0.1, 0.15) is 5.88 Å². The minimum Gasteiger partial charge on any atom is -0.316 e. The summed E-state index contributed by atoms with van der Waals surface area (Å²) >= 11 is 0. The first-order valence-electron chi connectivity index (χ1n) is 1.21. The van der Waals surface area contributed by atoms with Crippen molar-refractivity contribution in [2.24, 2.45) is 5.73 Å². The van der Waals surface area contributed by atoms with Crippen LogP contribution in [0.5, 0.6) is 0 Å². The van der Waals surface area contributed by atoms with E-state index in [2.05, 4.69) is 5.73 Å². The van der Waals surface area contributed by atoms with Crippen molar-refractivity contribution in [1.29, 1.82) is 0 Å². The molecule has 0 aliphatic rings. The fraction of sp³-hybridized carbons (Fsp3) is 1.00. The van der Waals surface area contributed by atoms with Crippen LogP contribution in [0, 0.1) is 0 Å². The Morgan fingerprint density at radius 3 is 1.83 bits per heavy atom. The van der Waals surface area contributed by atoms with Crippen molar-refractivity contribution >= 4 is 10.1 Å². The molecule has 0 rings (SSSR count). The Balaban J connectivity index is 3.85. The summed E-state index contributed by atoms with van der Waals surface area (Å²) in [5.41, 5.74) is 4.47. The molecule has 38 valence electrons. The number of rotatable bonds is 1. The maximum absolute atomic E-state index is 9.43. The molecule has 0 radical (unpaired) electrons. The minimum absolute atomic E-state index is 0.701. The SMILES string of the molecule is NCS(=O)(=O)O. The molecule has 0 heterocycles. The lowest BCUT2D eigenvalue weighted by Gasteiger charge is -1.80. The second kappa shape index (κ2) is 1.55. The van der Waals surface area contributed by atoms with E-state index >= 15 is 0 Å². The molecule has 0 aromatic rings. The minimum atomic E-state index is -3.88. The third-order valence-electron chi connectivity index (χ3n) is 0.211. The highest BCUT2D eigenvalue weighted by molar-refractivity contribution is 7.85. The third-order valence-corrected chi connectivity index (χ3v) is 0.632. The van der Waals surface area contributed by atoms with Crippen molar-refractivity contribution in [2.75, 3.05) is 5.88 Å². The Morgan fingerprint density at radius 1 is 1.67 bits per heavy atom. The summed E-state index contributed by atoms with van der Waals surface area (Å²) in [5, 5.41) is 0. The molecule has 0 bridgehead atoms. The molecule has 0 aromatic heterocycles.